The topological polar surface area (TPSA) is 35.5 Å². The van der Waals surface area contributed by atoms with Gasteiger partial charge in [-0.25, -0.2) is 4.57 Å². The highest BCUT2D eigenvalue weighted by Crippen LogP contribution is 2.46. The van der Waals surface area contributed by atoms with E-state index in [-0.39, 0.29) is 13.2 Å². The smallest absolute Gasteiger partial charge is 0.300 e. The molecule has 0 atom stereocenters. The van der Waals surface area contributed by atoms with Gasteiger partial charge in [0.25, 0.3) is 0 Å². The first-order chi connectivity index (χ1) is 6.33. The molecule has 0 aliphatic rings. The standard InChI is InChI=1S/C7H10F3O3P/c1-3-12-14(11,13-4-2)6-5-7(8,9)10/h3-4H2,1-2H3. The highest BCUT2D eigenvalue weighted by Gasteiger charge is 2.27. The van der Waals surface area contributed by atoms with E-state index in [9.17, 15) is 17.7 Å². The van der Waals surface area contributed by atoms with E-state index in [0.717, 1.165) is 5.92 Å². The maximum atomic E-state index is 11.7. The molecule has 0 unspecified atom stereocenters. The van der Waals surface area contributed by atoms with E-state index in [1.54, 1.807) is 0 Å². The minimum absolute atomic E-state index is 0.0240. The van der Waals surface area contributed by atoms with Crippen LogP contribution in [0.15, 0.2) is 0 Å². The molecular weight excluding hydrogens is 220 g/mol. The van der Waals surface area contributed by atoms with Crippen LogP contribution in [0.1, 0.15) is 13.8 Å². The van der Waals surface area contributed by atoms with Crippen molar-refractivity contribution in [2.45, 2.75) is 20.0 Å². The van der Waals surface area contributed by atoms with Crippen LogP contribution in [-0.4, -0.2) is 19.4 Å². The Bertz CT molecular complexity index is 266. The first kappa shape index (κ1) is 13.5. The van der Waals surface area contributed by atoms with Crippen molar-refractivity contribution in [3.05, 3.63) is 0 Å². The van der Waals surface area contributed by atoms with Crippen LogP contribution in [0.25, 0.3) is 0 Å². The molecule has 0 aliphatic carbocycles. The van der Waals surface area contributed by atoms with Crippen molar-refractivity contribution in [2.24, 2.45) is 0 Å². The van der Waals surface area contributed by atoms with Crippen molar-refractivity contribution in [1.29, 1.82) is 0 Å². The zero-order valence-electron chi connectivity index (χ0n) is 7.72. The fourth-order valence-corrected chi connectivity index (χ4v) is 1.72. The molecular formula is C7H10F3O3P. The highest BCUT2D eigenvalue weighted by molar-refractivity contribution is 7.59. The highest BCUT2D eigenvalue weighted by atomic mass is 31.2. The van der Waals surface area contributed by atoms with Crippen molar-refractivity contribution in [3.8, 4) is 11.6 Å². The van der Waals surface area contributed by atoms with Gasteiger partial charge in [0.2, 0.25) is 0 Å². The van der Waals surface area contributed by atoms with Crippen LogP contribution in [0.2, 0.25) is 0 Å². The number of halogens is 3. The van der Waals surface area contributed by atoms with Crippen molar-refractivity contribution < 1.29 is 26.8 Å². The molecule has 14 heavy (non-hydrogen) atoms. The molecule has 0 aromatic rings. The minimum Gasteiger partial charge on any atom is -0.300 e. The minimum atomic E-state index is -4.69. The Balaban J connectivity index is 4.65. The average Bonchev–Trinajstić information content (AvgIpc) is 2.01. The predicted octanol–water partition coefficient (Wildman–Crippen LogP) is 2.78. The van der Waals surface area contributed by atoms with Crippen molar-refractivity contribution >= 4 is 7.60 Å². The maximum Gasteiger partial charge on any atom is 0.458 e. The lowest BCUT2D eigenvalue weighted by Gasteiger charge is -2.09. The Morgan fingerprint density at radius 2 is 1.64 bits per heavy atom. The summed E-state index contributed by atoms with van der Waals surface area (Å²) in [5, 5.41) is 0. The monoisotopic (exact) mass is 230 g/mol. The summed E-state index contributed by atoms with van der Waals surface area (Å²) in [5.74, 6) is 0.869. The third kappa shape index (κ3) is 6.03. The zero-order valence-corrected chi connectivity index (χ0v) is 8.61. The fraction of sp³-hybridized carbons (Fsp3) is 0.714. The van der Waals surface area contributed by atoms with E-state index in [0.29, 0.717) is 0 Å². The molecule has 0 amide bonds. The molecule has 0 spiro atoms. The summed E-state index contributed by atoms with van der Waals surface area (Å²) in [4.78, 5) is 0. The summed E-state index contributed by atoms with van der Waals surface area (Å²) in [6.45, 7) is 2.93. The molecule has 7 heteroatoms. The Morgan fingerprint density at radius 3 is 1.93 bits per heavy atom. The third-order valence-electron chi connectivity index (χ3n) is 0.933. The second-order valence-corrected chi connectivity index (χ2v) is 3.80. The second kappa shape index (κ2) is 5.40. The lowest BCUT2D eigenvalue weighted by atomic mass is 10.7. The average molecular weight is 230 g/mol. The van der Waals surface area contributed by atoms with E-state index in [2.05, 4.69) is 9.05 Å². The molecule has 0 aromatic heterocycles. The number of hydrogen-bond acceptors (Lipinski definition) is 3. The molecule has 0 bridgehead atoms. The predicted molar refractivity (Wildman–Crippen MR) is 44.7 cm³/mol. The van der Waals surface area contributed by atoms with Gasteiger partial charge in [0.15, 0.2) is 0 Å². The molecule has 0 N–H and O–H groups in total. The van der Waals surface area contributed by atoms with Gasteiger partial charge in [-0.3, -0.25) is 9.05 Å². The van der Waals surface area contributed by atoms with Gasteiger partial charge in [-0.05, 0) is 13.8 Å². The van der Waals surface area contributed by atoms with E-state index >= 15 is 0 Å². The number of hydrogen-bond donors (Lipinski definition) is 0. The van der Waals surface area contributed by atoms with E-state index in [1.807, 2.05) is 0 Å². The SMILES string of the molecule is CCOP(=O)(C#CC(F)(F)F)OCC. The summed E-state index contributed by atoms with van der Waals surface area (Å²) < 4.78 is 55.4. The fourth-order valence-electron chi connectivity index (χ4n) is 0.574. The van der Waals surface area contributed by atoms with Crippen molar-refractivity contribution in [3.63, 3.8) is 0 Å². The lowest BCUT2D eigenvalue weighted by molar-refractivity contribution is -0.0696. The molecule has 0 saturated heterocycles. The van der Waals surface area contributed by atoms with Crippen LogP contribution in [0, 0.1) is 11.6 Å². The van der Waals surface area contributed by atoms with Crippen LogP contribution in [0.3, 0.4) is 0 Å². The Kier molecular flexibility index (Phi) is 5.21. The van der Waals surface area contributed by atoms with Gasteiger partial charge in [0.05, 0.1) is 13.2 Å². The van der Waals surface area contributed by atoms with Gasteiger partial charge >= 0.3 is 13.8 Å². The summed E-state index contributed by atoms with van der Waals surface area (Å²) in [7, 11) is -3.90. The molecule has 0 radical (unpaired) electrons. The lowest BCUT2D eigenvalue weighted by Crippen LogP contribution is -2.02. The molecule has 3 nitrogen and oxygen atoms in total. The summed E-state index contributed by atoms with van der Waals surface area (Å²) in [5.41, 5.74) is 1.47. The molecule has 0 aliphatic heterocycles. The number of rotatable bonds is 4. The van der Waals surface area contributed by atoms with Gasteiger partial charge in [0, 0.05) is 11.6 Å². The quantitative estimate of drug-likeness (QED) is 0.550. The van der Waals surface area contributed by atoms with Crippen LogP contribution in [0.5, 0.6) is 0 Å². The first-order valence-corrected chi connectivity index (χ1v) is 5.37. The first-order valence-electron chi connectivity index (χ1n) is 3.83. The second-order valence-electron chi connectivity index (χ2n) is 2.07. The molecule has 0 rings (SSSR count). The molecule has 0 saturated carbocycles. The maximum absolute atomic E-state index is 11.7. The molecule has 0 fully saturated rings. The molecule has 0 heterocycles. The molecule has 82 valence electrons. The largest absolute Gasteiger partial charge is 0.458 e. The van der Waals surface area contributed by atoms with Crippen LogP contribution >= 0.6 is 7.60 Å². The Labute approximate surface area is 80.1 Å². The van der Waals surface area contributed by atoms with Gasteiger partial charge in [-0.1, -0.05) is 0 Å². The zero-order chi connectivity index (χ0) is 11.2. The molecule has 0 aromatic carbocycles. The van der Waals surface area contributed by atoms with E-state index in [1.165, 1.54) is 19.5 Å². The van der Waals surface area contributed by atoms with Gasteiger partial charge in [0.1, 0.15) is 0 Å². The normalized spacial score (nSPS) is 12.1. The third-order valence-corrected chi connectivity index (χ3v) is 2.51. The van der Waals surface area contributed by atoms with Crippen LogP contribution in [0.4, 0.5) is 13.2 Å². The number of alkyl halides is 3. The summed E-state index contributed by atoms with van der Waals surface area (Å²) in [6.07, 6.45) is -4.69. The summed E-state index contributed by atoms with van der Waals surface area (Å²) >= 11 is 0. The Morgan fingerprint density at radius 1 is 1.21 bits per heavy atom. The van der Waals surface area contributed by atoms with Crippen molar-refractivity contribution in [2.75, 3.05) is 13.2 Å². The van der Waals surface area contributed by atoms with E-state index < -0.39 is 13.8 Å². The van der Waals surface area contributed by atoms with Gasteiger partial charge < -0.3 is 0 Å². The summed E-state index contributed by atoms with van der Waals surface area (Å²) in [6, 6.07) is 0. The van der Waals surface area contributed by atoms with Crippen LogP contribution < -0.4 is 0 Å². The van der Waals surface area contributed by atoms with Gasteiger partial charge in [-0.15, -0.1) is 0 Å². The van der Waals surface area contributed by atoms with Crippen molar-refractivity contribution in [1.82, 2.24) is 0 Å². The van der Waals surface area contributed by atoms with Gasteiger partial charge in [-0.2, -0.15) is 13.2 Å². The Hall–Kier alpha value is -0.500. The van der Waals surface area contributed by atoms with Crippen LogP contribution in [-0.2, 0) is 13.6 Å². The van der Waals surface area contributed by atoms with E-state index in [4.69, 9.17) is 0 Å².